The Morgan fingerprint density at radius 2 is 0.833 bits per heavy atom. The third kappa shape index (κ3) is 22.2. The zero-order valence-corrected chi connectivity index (χ0v) is 24.5. The first-order chi connectivity index (χ1) is 17.9. The van der Waals surface area contributed by atoms with Gasteiger partial charge in [0.25, 0.3) is 0 Å². The summed E-state index contributed by atoms with van der Waals surface area (Å²) in [6, 6.07) is 8.67. The van der Waals surface area contributed by atoms with Crippen molar-refractivity contribution < 1.29 is 9.47 Å². The van der Waals surface area contributed by atoms with Gasteiger partial charge in [-0.15, -0.1) is 0 Å². The minimum absolute atomic E-state index is 0.648. The van der Waals surface area contributed by atoms with Gasteiger partial charge in [0, 0.05) is 6.61 Å². The summed E-state index contributed by atoms with van der Waals surface area (Å²) in [7, 11) is 0. The Labute approximate surface area is 226 Å². The lowest BCUT2D eigenvalue weighted by Gasteiger charge is -2.08. The number of ether oxygens (including phenoxy) is 2. The standard InChI is InChI=1S/C34H62O2/c1-3-5-7-9-11-12-13-14-15-16-17-18-19-20-22-24-30-35-31-32-36-34-28-26-33(27-29-34)25-23-21-10-8-6-4-2/h26-29H,3-25,30-32H2,1-2H3. The van der Waals surface area contributed by atoms with Crippen LogP contribution >= 0.6 is 0 Å². The van der Waals surface area contributed by atoms with Gasteiger partial charge in [-0.05, 0) is 37.0 Å². The molecule has 210 valence electrons. The van der Waals surface area contributed by atoms with Gasteiger partial charge in [-0.1, -0.05) is 154 Å². The average Bonchev–Trinajstić information content (AvgIpc) is 2.90. The van der Waals surface area contributed by atoms with Crippen molar-refractivity contribution in [1.82, 2.24) is 0 Å². The molecule has 0 spiro atoms. The largest absolute Gasteiger partial charge is 0.491 e. The highest BCUT2D eigenvalue weighted by Gasteiger charge is 1.98. The Morgan fingerprint density at radius 1 is 0.417 bits per heavy atom. The lowest BCUT2D eigenvalue weighted by molar-refractivity contribution is 0.0970. The normalized spacial score (nSPS) is 11.3. The van der Waals surface area contributed by atoms with Crippen LogP contribution in [0, 0.1) is 0 Å². The third-order valence-electron chi connectivity index (χ3n) is 7.38. The van der Waals surface area contributed by atoms with E-state index in [0.717, 1.165) is 12.4 Å². The van der Waals surface area contributed by atoms with Gasteiger partial charge < -0.3 is 9.47 Å². The molecule has 1 aromatic carbocycles. The Kier molecular flexibility index (Phi) is 24.8. The van der Waals surface area contributed by atoms with Crippen LogP contribution in [0.15, 0.2) is 24.3 Å². The molecule has 2 heteroatoms. The van der Waals surface area contributed by atoms with Crippen LogP contribution in [0.25, 0.3) is 0 Å². The fraction of sp³-hybridized carbons (Fsp3) is 0.824. The second-order valence-corrected chi connectivity index (χ2v) is 10.9. The van der Waals surface area contributed by atoms with Gasteiger partial charge in [0.15, 0.2) is 0 Å². The Bertz CT molecular complexity index is 539. The summed E-state index contributed by atoms with van der Waals surface area (Å²) in [6.45, 7) is 6.79. The quantitative estimate of drug-likeness (QED) is 0.106. The minimum atomic E-state index is 0.648. The summed E-state index contributed by atoms with van der Waals surface area (Å²) in [6.07, 6.45) is 31.9. The summed E-state index contributed by atoms with van der Waals surface area (Å²) >= 11 is 0. The molecule has 0 bridgehead atoms. The maximum atomic E-state index is 5.84. The van der Waals surface area contributed by atoms with E-state index in [0.29, 0.717) is 13.2 Å². The first-order valence-corrected chi connectivity index (χ1v) is 16.2. The topological polar surface area (TPSA) is 18.5 Å². The highest BCUT2D eigenvalue weighted by Crippen LogP contribution is 2.16. The Morgan fingerprint density at radius 3 is 1.31 bits per heavy atom. The van der Waals surface area contributed by atoms with Crippen LogP contribution in [0.1, 0.15) is 161 Å². The molecule has 2 nitrogen and oxygen atoms in total. The molecule has 0 aliphatic rings. The number of rotatable bonds is 28. The van der Waals surface area contributed by atoms with Gasteiger partial charge >= 0.3 is 0 Å². The summed E-state index contributed by atoms with van der Waals surface area (Å²) in [5, 5.41) is 0. The zero-order valence-electron chi connectivity index (χ0n) is 24.5. The predicted octanol–water partition coefficient (Wildman–Crippen LogP) is 11.2. The first-order valence-electron chi connectivity index (χ1n) is 16.2. The summed E-state index contributed by atoms with van der Waals surface area (Å²) in [4.78, 5) is 0. The van der Waals surface area contributed by atoms with E-state index < -0.39 is 0 Å². The predicted molar refractivity (Wildman–Crippen MR) is 159 cm³/mol. The third-order valence-corrected chi connectivity index (χ3v) is 7.38. The van der Waals surface area contributed by atoms with Gasteiger partial charge in [0.1, 0.15) is 12.4 Å². The number of aryl methyl sites for hydroxylation is 1. The van der Waals surface area contributed by atoms with E-state index in [-0.39, 0.29) is 0 Å². The molecule has 0 aliphatic heterocycles. The summed E-state index contributed by atoms with van der Waals surface area (Å²) in [5.41, 5.74) is 1.43. The van der Waals surface area contributed by atoms with Crippen LogP contribution in [0.2, 0.25) is 0 Å². The molecular weight excluding hydrogens is 440 g/mol. The van der Waals surface area contributed by atoms with Crippen molar-refractivity contribution in [3.05, 3.63) is 29.8 Å². The van der Waals surface area contributed by atoms with E-state index in [1.165, 1.54) is 153 Å². The molecule has 0 unspecified atom stereocenters. The van der Waals surface area contributed by atoms with Crippen LogP contribution in [-0.2, 0) is 11.2 Å². The van der Waals surface area contributed by atoms with Crippen molar-refractivity contribution in [2.24, 2.45) is 0 Å². The van der Waals surface area contributed by atoms with E-state index in [1.54, 1.807) is 0 Å². The van der Waals surface area contributed by atoms with E-state index >= 15 is 0 Å². The van der Waals surface area contributed by atoms with Crippen molar-refractivity contribution in [3.63, 3.8) is 0 Å². The molecule has 0 aromatic heterocycles. The molecule has 0 amide bonds. The monoisotopic (exact) mass is 502 g/mol. The molecule has 0 saturated carbocycles. The van der Waals surface area contributed by atoms with E-state index in [9.17, 15) is 0 Å². The van der Waals surface area contributed by atoms with Crippen molar-refractivity contribution in [2.45, 2.75) is 162 Å². The fourth-order valence-corrected chi connectivity index (χ4v) is 4.93. The molecule has 1 rings (SSSR count). The van der Waals surface area contributed by atoms with E-state index in [1.807, 2.05) is 0 Å². The van der Waals surface area contributed by atoms with Crippen LogP contribution in [0.4, 0.5) is 0 Å². The molecule has 36 heavy (non-hydrogen) atoms. The van der Waals surface area contributed by atoms with Crippen LogP contribution in [0.3, 0.4) is 0 Å². The number of hydrogen-bond donors (Lipinski definition) is 0. The molecule has 0 N–H and O–H groups in total. The molecule has 0 radical (unpaired) electrons. The van der Waals surface area contributed by atoms with Gasteiger partial charge in [-0.2, -0.15) is 0 Å². The second-order valence-electron chi connectivity index (χ2n) is 10.9. The smallest absolute Gasteiger partial charge is 0.119 e. The minimum Gasteiger partial charge on any atom is -0.491 e. The van der Waals surface area contributed by atoms with Crippen LogP contribution in [-0.4, -0.2) is 19.8 Å². The highest BCUT2D eigenvalue weighted by atomic mass is 16.5. The zero-order chi connectivity index (χ0) is 25.8. The average molecular weight is 503 g/mol. The number of unbranched alkanes of at least 4 members (excludes halogenated alkanes) is 20. The summed E-state index contributed by atoms with van der Waals surface area (Å²) < 4.78 is 11.6. The molecule has 0 heterocycles. The molecule has 1 aromatic rings. The summed E-state index contributed by atoms with van der Waals surface area (Å²) in [5.74, 6) is 0.965. The lowest BCUT2D eigenvalue weighted by atomic mass is 10.0. The Balaban J connectivity index is 1.78. The SMILES string of the molecule is CCCCCCCCCCCCCCCCCCOCCOc1ccc(CCCCCCCC)cc1. The first kappa shape index (κ1) is 33.0. The maximum absolute atomic E-state index is 5.84. The highest BCUT2D eigenvalue weighted by molar-refractivity contribution is 5.27. The van der Waals surface area contributed by atoms with Gasteiger partial charge in [0.05, 0.1) is 6.61 Å². The second kappa shape index (κ2) is 27.0. The molecular formula is C34H62O2. The van der Waals surface area contributed by atoms with Crippen LogP contribution < -0.4 is 4.74 Å². The van der Waals surface area contributed by atoms with Crippen molar-refractivity contribution in [1.29, 1.82) is 0 Å². The van der Waals surface area contributed by atoms with E-state index in [2.05, 4.69) is 38.1 Å². The van der Waals surface area contributed by atoms with Crippen molar-refractivity contribution >= 4 is 0 Å². The van der Waals surface area contributed by atoms with Gasteiger partial charge in [-0.25, -0.2) is 0 Å². The Hall–Kier alpha value is -1.02. The fourth-order valence-electron chi connectivity index (χ4n) is 4.93. The maximum Gasteiger partial charge on any atom is 0.119 e. The van der Waals surface area contributed by atoms with Gasteiger partial charge in [-0.3, -0.25) is 0 Å². The molecule has 0 aliphatic carbocycles. The number of hydrogen-bond acceptors (Lipinski definition) is 2. The van der Waals surface area contributed by atoms with Crippen molar-refractivity contribution in [2.75, 3.05) is 19.8 Å². The van der Waals surface area contributed by atoms with Crippen molar-refractivity contribution in [3.8, 4) is 5.75 Å². The van der Waals surface area contributed by atoms with Gasteiger partial charge in [0.2, 0.25) is 0 Å². The molecule has 0 atom stereocenters. The molecule has 0 fully saturated rings. The van der Waals surface area contributed by atoms with Crippen LogP contribution in [0.5, 0.6) is 5.75 Å². The number of benzene rings is 1. The lowest BCUT2D eigenvalue weighted by Crippen LogP contribution is -2.07. The van der Waals surface area contributed by atoms with E-state index in [4.69, 9.17) is 9.47 Å². The molecule has 0 saturated heterocycles.